The maximum atomic E-state index is 7.73. The van der Waals surface area contributed by atoms with E-state index < -0.39 is 16.1 Å². The van der Waals surface area contributed by atoms with Crippen LogP contribution >= 0.6 is 28.3 Å². The van der Waals surface area contributed by atoms with Crippen molar-refractivity contribution in [3.05, 3.63) is 41.3 Å². The van der Waals surface area contributed by atoms with Crippen LogP contribution in [0.5, 0.6) is 0 Å². The first-order chi connectivity index (χ1) is 21.4. The van der Waals surface area contributed by atoms with E-state index in [1.807, 2.05) is 12.1 Å². The van der Waals surface area contributed by atoms with E-state index in [1.165, 1.54) is 37.0 Å². The summed E-state index contributed by atoms with van der Waals surface area (Å²) >= 11 is 0. The van der Waals surface area contributed by atoms with Crippen LogP contribution < -0.4 is 0 Å². The topological polar surface area (TPSA) is 0 Å². The third-order valence-electron chi connectivity index (χ3n) is 10.5. The molecule has 1 aromatic carbocycles. The fraction of sp³-hybridized carbons (Fsp3) is 0.714. The van der Waals surface area contributed by atoms with E-state index in [0.717, 1.165) is 16.7 Å². The van der Waals surface area contributed by atoms with Crippen LogP contribution in [0.25, 0.3) is 0 Å². The van der Waals surface area contributed by atoms with Crippen LogP contribution in [0.1, 0.15) is 141 Å². The molecule has 1 aromatic rings. The molecule has 0 amide bonds. The van der Waals surface area contributed by atoms with Crippen molar-refractivity contribution in [1.29, 1.82) is 0 Å². The van der Waals surface area contributed by atoms with Crippen LogP contribution in [-0.4, -0.2) is 53.1 Å². The Morgan fingerprint density at radius 1 is 0.542 bits per heavy atom. The number of rotatable bonds is 12. The van der Waals surface area contributed by atoms with E-state index in [-0.39, 0.29) is 41.4 Å². The molecule has 0 saturated carbocycles. The van der Waals surface area contributed by atoms with E-state index in [9.17, 15) is 0 Å². The molecule has 0 aliphatic rings. The summed E-state index contributed by atoms with van der Waals surface area (Å²) < 4.78 is 0. The van der Waals surface area contributed by atoms with Gasteiger partial charge in [0.25, 0.3) is 0 Å². The Labute approximate surface area is 328 Å². The smallest absolute Gasteiger partial charge is 0.146 e. The minimum absolute atomic E-state index is 0. The molecular formula is C42H77ClP2PtSi2+. The van der Waals surface area contributed by atoms with Crippen molar-refractivity contribution >= 4 is 44.4 Å². The van der Waals surface area contributed by atoms with Gasteiger partial charge in [-0.2, -0.15) is 0 Å². The molecule has 0 aromatic heterocycles. The predicted molar refractivity (Wildman–Crippen MR) is 234 cm³/mol. The Bertz CT molecular complexity index is 1000. The summed E-state index contributed by atoms with van der Waals surface area (Å²) in [6, 6.07) is 6.10. The van der Waals surface area contributed by atoms with Gasteiger partial charge in [-0.05, 0) is 105 Å². The summed E-state index contributed by atoms with van der Waals surface area (Å²) in [4.78, 5) is 0. The van der Waals surface area contributed by atoms with Gasteiger partial charge in [0.2, 0.25) is 0 Å². The Morgan fingerprint density at radius 3 is 0.938 bits per heavy atom. The molecule has 0 aliphatic carbocycles. The molecule has 0 fully saturated rings. The second-order valence-electron chi connectivity index (χ2n) is 14.6. The van der Waals surface area contributed by atoms with E-state index in [4.69, 9.17) is 6.42 Å². The van der Waals surface area contributed by atoms with Crippen LogP contribution in [0, 0.1) is 35.3 Å². The summed E-state index contributed by atoms with van der Waals surface area (Å²) in [5.74, 6) is 9.66. The van der Waals surface area contributed by atoms with Gasteiger partial charge in [-0.1, -0.05) is 122 Å². The van der Waals surface area contributed by atoms with Gasteiger partial charge in [-0.15, -0.1) is 31.4 Å². The van der Waals surface area contributed by atoms with Crippen molar-refractivity contribution in [2.75, 3.05) is 37.0 Å². The molecule has 0 unspecified atom stereocenters. The van der Waals surface area contributed by atoms with Crippen molar-refractivity contribution in [2.45, 2.75) is 158 Å². The minimum atomic E-state index is -1.81. The fourth-order valence-electron chi connectivity index (χ4n) is 7.49. The largest absolute Gasteiger partial charge is 0.147 e. The second-order valence-corrected chi connectivity index (χ2v) is 32.7. The molecule has 0 aliphatic heterocycles. The molecule has 0 nitrogen and oxygen atoms in total. The monoisotopic (exact) mass is 929 g/mol. The normalized spacial score (nSPS) is 11.2. The first kappa shape index (κ1) is 54.9. The molecule has 0 saturated heterocycles. The summed E-state index contributed by atoms with van der Waals surface area (Å²) in [5, 5.41) is 0. The zero-order chi connectivity index (χ0) is 36.3. The fourth-order valence-corrected chi connectivity index (χ4v) is 20.8. The average Bonchev–Trinajstić information content (AvgIpc) is 2.99. The molecule has 48 heavy (non-hydrogen) atoms. The standard InChI is InChI=1S/C30H45Si2.2C6H15P.ClH.Pt/c1-14-28-19-29(15-17-31(22(2)3,23(4)5)24(6)7)21-30(20-28)16-18-32(25(8)9,26(10)11)27(12)13;2*1-4-7(5-2)6-3;;/h19-27H,2-13H3;2*4-6H2,1-3H3;1H;/p+1. The average molecular weight is 931 g/mol. The van der Waals surface area contributed by atoms with Crippen LogP contribution in [0.4, 0.5) is 0 Å². The molecule has 0 N–H and O–H groups in total. The van der Waals surface area contributed by atoms with Crippen molar-refractivity contribution in [1.82, 2.24) is 0 Å². The van der Waals surface area contributed by atoms with Crippen molar-refractivity contribution in [3.8, 4) is 28.8 Å². The van der Waals surface area contributed by atoms with Gasteiger partial charge < -0.3 is 0 Å². The number of hydrogen-bond acceptors (Lipinski definition) is 0. The maximum absolute atomic E-state index is 7.73. The van der Waals surface area contributed by atoms with Gasteiger partial charge in [0.05, 0.1) is 18.5 Å². The van der Waals surface area contributed by atoms with Crippen molar-refractivity contribution in [2.24, 2.45) is 0 Å². The van der Waals surface area contributed by atoms with Gasteiger partial charge in [0, 0.05) is 37.8 Å². The van der Waals surface area contributed by atoms with E-state index in [2.05, 4.69) is 160 Å². The van der Waals surface area contributed by atoms with Crippen molar-refractivity contribution in [3.63, 3.8) is 0 Å². The summed E-state index contributed by atoms with van der Waals surface area (Å²) in [5.41, 5.74) is 13.9. The Morgan fingerprint density at radius 2 is 0.792 bits per heavy atom. The summed E-state index contributed by atoms with van der Waals surface area (Å²) in [7, 11) is -3.03. The Balaban J connectivity index is -0.000000504. The van der Waals surface area contributed by atoms with Gasteiger partial charge in [0.15, 0.2) is 0 Å². The number of hydrogen-bond donors (Lipinski definition) is 0. The van der Waals surface area contributed by atoms with E-state index in [1.54, 1.807) is 0 Å². The van der Waals surface area contributed by atoms with Gasteiger partial charge >= 0.3 is 0 Å². The molecule has 1 rings (SSSR count). The molecule has 1 radical (unpaired) electrons. The quantitative estimate of drug-likeness (QED) is 0.111. The van der Waals surface area contributed by atoms with Crippen LogP contribution in [-0.2, 0) is 21.1 Å². The van der Waals surface area contributed by atoms with E-state index >= 15 is 0 Å². The third-order valence-corrected chi connectivity index (χ3v) is 28.8. The number of benzene rings is 1. The van der Waals surface area contributed by atoms with Gasteiger partial charge in [-0.25, -0.2) is 0 Å². The molecule has 6 heteroatoms. The molecule has 0 heterocycles. The zero-order valence-electron chi connectivity index (χ0n) is 34.6. The molecule has 0 bridgehead atoms. The van der Waals surface area contributed by atoms with Gasteiger partial charge in [-0.3, -0.25) is 0 Å². The zero-order valence-corrected chi connectivity index (χ0v) is 41.6. The minimum Gasteiger partial charge on any atom is -0.147 e. The first-order valence-corrected chi connectivity index (χ1v) is 27.1. The summed E-state index contributed by atoms with van der Waals surface area (Å²) in [6.07, 6.45) is 16.4. The molecule has 0 atom stereocenters. The van der Waals surface area contributed by atoms with Crippen LogP contribution in [0.2, 0.25) is 33.2 Å². The van der Waals surface area contributed by atoms with Crippen molar-refractivity contribution < 1.29 is 21.1 Å². The van der Waals surface area contributed by atoms with Gasteiger partial charge in [0.1, 0.15) is 16.1 Å². The number of halogens is 1. The third kappa shape index (κ3) is 17.1. The van der Waals surface area contributed by atoms with Crippen LogP contribution in [0.15, 0.2) is 18.2 Å². The second kappa shape index (κ2) is 28.7. The SMILES string of the molecule is CCP(CC)CC.CC[PH+](CC)CC.Cl.[C]#Cc1cc(C#C[Si](C(C)C)(C(C)C)C(C)C)cc(C#C[Si](C(C)C)(C(C)C)C(C)C)c1.[Pt]. The Kier molecular flexibility index (Phi) is 32.9. The maximum Gasteiger partial charge on any atom is 0.146 e. The Hall–Kier alpha value is 0.172. The van der Waals surface area contributed by atoms with E-state index in [0.29, 0.717) is 41.2 Å². The molecule has 279 valence electrons. The first-order valence-electron chi connectivity index (χ1n) is 18.6. The molecule has 0 spiro atoms. The summed E-state index contributed by atoms with van der Waals surface area (Å²) in [6.45, 7) is 41.9. The predicted octanol–water partition coefficient (Wildman–Crippen LogP) is 14.0. The molecular weight excluding hydrogens is 853 g/mol. The van der Waals surface area contributed by atoms with Crippen LogP contribution in [0.3, 0.4) is 0 Å².